The van der Waals surface area contributed by atoms with Crippen molar-refractivity contribution in [1.29, 1.82) is 0 Å². The first-order valence-corrected chi connectivity index (χ1v) is 14.0. The molecule has 39 heavy (non-hydrogen) atoms. The molecule has 2 atom stereocenters. The highest BCUT2D eigenvalue weighted by Crippen LogP contribution is 2.47. The van der Waals surface area contributed by atoms with Crippen LogP contribution in [0.3, 0.4) is 0 Å². The maximum atomic E-state index is 13.1. The summed E-state index contributed by atoms with van der Waals surface area (Å²) < 4.78 is 10.4. The first-order chi connectivity index (χ1) is 18.8. The van der Waals surface area contributed by atoms with E-state index in [9.17, 15) is 4.79 Å². The van der Waals surface area contributed by atoms with Crippen molar-refractivity contribution in [1.82, 2.24) is 20.3 Å². The number of pyridine rings is 1. The molecule has 3 aromatic rings. The Morgan fingerprint density at radius 1 is 1.08 bits per heavy atom. The lowest BCUT2D eigenvalue weighted by Gasteiger charge is -2.44. The Morgan fingerprint density at radius 3 is 2.49 bits per heavy atom. The van der Waals surface area contributed by atoms with Crippen LogP contribution in [0.2, 0.25) is 10.2 Å². The number of halogens is 2. The average Bonchev–Trinajstić information content (AvgIpc) is 3.34. The summed E-state index contributed by atoms with van der Waals surface area (Å²) >= 11 is 12.8. The fourth-order valence-corrected chi connectivity index (χ4v) is 6.50. The molecule has 0 radical (unpaired) electrons. The van der Waals surface area contributed by atoms with Crippen LogP contribution in [0.5, 0.6) is 11.6 Å². The third kappa shape index (κ3) is 5.55. The van der Waals surface area contributed by atoms with Crippen molar-refractivity contribution in [3.05, 3.63) is 69.7 Å². The highest BCUT2D eigenvalue weighted by atomic mass is 35.5. The van der Waals surface area contributed by atoms with Gasteiger partial charge in [-0.25, -0.2) is 15.0 Å². The largest absolute Gasteiger partial charge is 0.497 e. The van der Waals surface area contributed by atoms with Crippen LogP contribution in [0.15, 0.2) is 42.7 Å². The predicted octanol–water partition coefficient (Wildman–Crippen LogP) is 5.92. The Morgan fingerprint density at radius 2 is 1.82 bits per heavy atom. The van der Waals surface area contributed by atoms with Crippen LogP contribution >= 0.6 is 23.2 Å². The molecule has 0 amide bonds. The SMILES string of the molecule is COc1ccc(C(C)N[C@@H]2CCCC23CCN(c2cnc(C(=O)c4ccnc(OC)c4Cl)c(Cl)n2)CC3)cc1. The number of carbonyl (C=O) groups excluding carboxylic acids is 1. The standard InChI is InChI=1S/C29H33Cl2N5O3/c1-18(19-6-8-20(38-2)9-7-19)34-22-5-4-11-29(22)12-15-36(16-13-29)23-17-33-25(27(31)35-23)26(37)21-10-14-32-28(39-3)24(21)30/h6-10,14,17-18,22,34H,4-5,11-13,15-16H2,1-3H3/t18?,22-/m1/s1. The molecule has 1 N–H and O–H groups in total. The van der Waals surface area contributed by atoms with Gasteiger partial charge in [0.15, 0.2) is 5.15 Å². The lowest BCUT2D eigenvalue weighted by atomic mass is 9.73. The van der Waals surface area contributed by atoms with Crippen molar-refractivity contribution in [3.63, 3.8) is 0 Å². The second-order valence-electron chi connectivity index (χ2n) is 10.3. The van der Waals surface area contributed by atoms with Crippen LogP contribution < -0.4 is 19.7 Å². The van der Waals surface area contributed by atoms with Crippen LogP contribution in [0.25, 0.3) is 0 Å². The predicted molar refractivity (Wildman–Crippen MR) is 152 cm³/mol. The van der Waals surface area contributed by atoms with Gasteiger partial charge in [-0.3, -0.25) is 4.79 Å². The Kier molecular flexibility index (Phi) is 8.26. The van der Waals surface area contributed by atoms with Gasteiger partial charge in [-0.2, -0.15) is 0 Å². The zero-order valence-electron chi connectivity index (χ0n) is 22.4. The van der Waals surface area contributed by atoms with Crippen molar-refractivity contribution in [2.75, 3.05) is 32.2 Å². The van der Waals surface area contributed by atoms with E-state index < -0.39 is 5.78 Å². The van der Waals surface area contributed by atoms with Crippen molar-refractivity contribution in [2.45, 2.75) is 51.1 Å². The number of ether oxygens (including phenoxy) is 2. The monoisotopic (exact) mass is 569 g/mol. The lowest BCUT2D eigenvalue weighted by Crippen LogP contribution is -2.49. The average molecular weight is 571 g/mol. The molecule has 1 unspecified atom stereocenters. The molecule has 1 spiro atoms. The molecule has 3 heterocycles. The molecule has 8 nitrogen and oxygen atoms in total. The van der Waals surface area contributed by atoms with E-state index in [0.717, 1.165) is 31.7 Å². The van der Waals surface area contributed by atoms with Crippen LogP contribution in [0.1, 0.15) is 66.7 Å². The summed E-state index contributed by atoms with van der Waals surface area (Å²) in [5, 5.41) is 4.11. The summed E-state index contributed by atoms with van der Waals surface area (Å²) in [5.74, 6) is 1.30. The molecule has 1 aliphatic carbocycles. The van der Waals surface area contributed by atoms with Gasteiger partial charge in [0.1, 0.15) is 22.3 Å². The smallest absolute Gasteiger partial charge is 0.233 e. The number of ketones is 1. The van der Waals surface area contributed by atoms with E-state index in [1.807, 2.05) is 12.1 Å². The van der Waals surface area contributed by atoms with Crippen molar-refractivity contribution >= 4 is 34.8 Å². The second kappa shape index (κ2) is 11.7. The number of piperidine rings is 1. The molecule has 1 saturated heterocycles. The minimum absolute atomic E-state index is 0.0524. The molecule has 2 aromatic heterocycles. The molecule has 1 aromatic carbocycles. The van der Waals surface area contributed by atoms with Gasteiger partial charge in [0.05, 0.1) is 20.4 Å². The first-order valence-electron chi connectivity index (χ1n) is 13.3. The van der Waals surface area contributed by atoms with Gasteiger partial charge >= 0.3 is 0 Å². The molecule has 0 bridgehead atoms. The molecule has 2 fully saturated rings. The van der Waals surface area contributed by atoms with E-state index >= 15 is 0 Å². The summed E-state index contributed by atoms with van der Waals surface area (Å²) in [6, 6.07) is 10.6. The van der Waals surface area contributed by atoms with E-state index in [0.29, 0.717) is 11.9 Å². The number of benzene rings is 1. The van der Waals surface area contributed by atoms with E-state index in [2.05, 4.69) is 44.2 Å². The van der Waals surface area contributed by atoms with E-state index in [-0.39, 0.29) is 38.8 Å². The van der Waals surface area contributed by atoms with Gasteiger partial charge in [0.25, 0.3) is 0 Å². The summed E-state index contributed by atoms with van der Waals surface area (Å²) in [4.78, 5) is 28.2. The first kappa shape index (κ1) is 27.6. The molecule has 1 aliphatic heterocycles. The highest BCUT2D eigenvalue weighted by molar-refractivity contribution is 6.38. The van der Waals surface area contributed by atoms with Crippen LogP contribution in [-0.4, -0.2) is 54.1 Å². The van der Waals surface area contributed by atoms with Crippen molar-refractivity contribution in [2.24, 2.45) is 5.41 Å². The number of carbonyl (C=O) groups is 1. The molecule has 5 rings (SSSR count). The number of nitrogens with one attached hydrogen (secondary N) is 1. The van der Waals surface area contributed by atoms with Gasteiger partial charge in [0.2, 0.25) is 11.7 Å². The molecule has 206 valence electrons. The zero-order chi connectivity index (χ0) is 27.6. The topological polar surface area (TPSA) is 89.5 Å². The van der Waals surface area contributed by atoms with Crippen LogP contribution in [-0.2, 0) is 0 Å². The van der Waals surface area contributed by atoms with Gasteiger partial charge in [-0.1, -0.05) is 41.8 Å². The Labute approximate surface area is 239 Å². The quantitative estimate of drug-likeness (QED) is 0.334. The van der Waals surface area contributed by atoms with E-state index in [1.165, 1.54) is 44.2 Å². The van der Waals surface area contributed by atoms with Crippen molar-refractivity contribution < 1.29 is 14.3 Å². The van der Waals surface area contributed by atoms with Gasteiger partial charge in [0, 0.05) is 36.9 Å². The molecule has 10 heteroatoms. The fraction of sp³-hybridized carbons (Fsp3) is 0.448. The summed E-state index contributed by atoms with van der Waals surface area (Å²) in [7, 11) is 3.13. The number of nitrogens with zero attached hydrogens (tertiary/aromatic N) is 4. The number of hydrogen-bond acceptors (Lipinski definition) is 8. The number of anilines is 1. The van der Waals surface area contributed by atoms with Gasteiger partial charge in [-0.05, 0) is 61.8 Å². The third-order valence-corrected chi connectivity index (χ3v) is 8.91. The van der Waals surface area contributed by atoms with E-state index in [1.54, 1.807) is 13.3 Å². The summed E-state index contributed by atoms with van der Waals surface area (Å²) in [6.07, 6.45) is 8.85. The Hall–Kier alpha value is -2.94. The Bertz CT molecular complexity index is 1330. The summed E-state index contributed by atoms with van der Waals surface area (Å²) in [6.45, 7) is 3.96. The van der Waals surface area contributed by atoms with Gasteiger partial charge in [-0.15, -0.1) is 0 Å². The lowest BCUT2D eigenvalue weighted by molar-refractivity contribution is 0.103. The Balaban J connectivity index is 1.25. The van der Waals surface area contributed by atoms with Crippen LogP contribution in [0, 0.1) is 5.41 Å². The molecular formula is C29H33Cl2N5O3. The van der Waals surface area contributed by atoms with E-state index in [4.69, 9.17) is 32.7 Å². The number of rotatable bonds is 8. The molecular weight excluding hydrogens is 537 g/mol. The molecule has 2 aliphatic rings. The number of aromatic nitrogens is 3. The van der Waals surface area contributed by atoms with Crippen LogP contribution in [0.4, 0.5) is 5.82 Å². The third-order valence-electron chi connectivity index (χ3n) is 8.28. The highest BCUT2D eigenvalue weighted by Gasteiger charge is 2.45. The number of hydrogen-bond donors (Lipinski definition) is 1. The van der Waals surface area contributed by atoms with Gasteiger partial charge < -0.3 is 19.7 Å². The number of methoxy groups -OCH3 is 2. The van der Waals surface area contributed by atoms with Crippen molar-refractivity contribution in [3.8, 4) is 11.6 Å². The normalized spacial score (nSPS) is 19.2. The minimum Gasteiger partial charge on any atom is -0.497 e. The maximum Gasteiger partial charge on any atom is 0.233 e. The summed E-state index contributed by atoms with van der Waals surface area (Å²) in [5.41, 5.74) is 1.80. The molecule has 1 saturated carbocycles. The zero-order valence-corrected chi connectivity index (χ0v) is 23.9. The minimum atomic E-state index is -0.423. The maximum absolute atomic E-state index is 13.1. The second-order valence-corrected chi connectivity index (χ2v) is 11.1. The fourth-order valence-electron chi connectivity index (χ4n) is 6.00.